The van der Waals surface area contributed by atoms with Crippen molar-refractivity contribution in [3.8, 4) is 11.5 Å². The molecule has 0 bridgehead atoms. The molecule has 108 valence electrons. The summed E-state index contributed by atoms with van der Waals surface area (Å²) in [6.45, 7) is 0. The summed E-state index contributed by atoms with van der Waals surface area (Å²) in [5.41, 5.74) is -0.0805. The molecule has 0 atom stereocenters. The van der Waals surface area contributed by atoms with E-state index in [1.54, 1.807) is 0 Å². The van der Waals surface area contributed by atoms with Crippen molar-refractivity contribution in [3.63, 3.8) is 0 Å². The molecule has 0 saturated carbocycles. The van der Waals surface area contributed by atoms with Crippen LogP contribution in [0.3, 0.4) is 0 Å². The van der Waals surface area contributed by atoms with Crippen LogP contribution in [0, 0.1) is 10.1 Å². The maximum Gasteiger partial charge on any atom is 0.336 e. The number of hydrogen-bond donors (Lipinski definition) is 1. The molecule has 1 N–H and O–H groups in total. The Morgan fingerprint density at radius 3 is 2.57 bits per heavy atom. The molecule has 0 radical (unpaired) electrons. The highest BCUT2D eigenvalue weighted by atomic mass is 79.9. The number of nitro benzene ring substituents is 1. The number of rotatable bonds is 4. The number of ether oxygens (including phenoxy) is 1. The third-order valence-corrected chi connectivity index (χ3v) is 3.49. The Hall–Kier alpha value is -2.12. The summed E-state index contributed by atoms with van der Waals surface area (Å²) in [7, 11) is 0. The first-order valence-corrected chi connectivity index (χ1v) is 6.70. The Labute approximate surface area is 132 Å². The average molecular weight is 373 g/mol. The van der Waals surface area contributed by atoms with Crippen LogP contribution in [0.4, 0.5) is 5.69 Å². The molecule has 0 unspecified atom stereocenters. The number of benzene rings is 2. The molecule has 0 fully saturated rings. The Morgan fingerprint density at radius 1 is 1.29 bits per heavy atom. The van der Waals surface area contributed by atoms with Crippen LogP contribution in [0.5, 0.6) is 11.5 Å². The minimum Gasteiger partial charge on any atom is -0.478 e. The lowest BCUT2D eigenvalue weighted by atomic mass is 10.2. The van der Waals surface area contributed by atoms with E-state index in [2.05, 4.69) is 15.9 Å². The van der Waals surface area contributed by atoms with Gasteiger partial charge >= 0.3 is 5.97 Å². The van der Waals surface area contributed by atoms with Crippen LogP contribution in [0.2, 0.25) is 5.02 Å². The van der Waals surface area contributed by atoms with Crippen molar-refractivity contribution < 1.29 is 19.6 Å². The van der Waals surface area contributed by atoms with E-state index in [1.807, 2.05) is 0 Å². The van der Waals surface area contributed by atoms with Crippen LogP contribution in [-0.4, -0.2) is 16.0 Å². The van der Waals surface area contributed by atoms with Crippen LogP contribution in [0.15, 0.2) is 40.9 Å². The SMILES string of the molecule is O=C(O)c1ccc(Oc2cc([N+](=O)[O-])ccc2Cl)cc1Br. The molecule has 0 aliphatic carbocycles. The third kappa shape index (κ3) is 3.50. The van der Waals surface area contributed by atoms with E-state index in [0.29, 0.717) is 10.2 Å². The van der Waals surface area contributed by atoms with Gasteiger partial charge in [-0.05, 0) is 40.2 Å². The molecule has 0 aliphatic rings. The molecule has 21 heavy (non-hydrogen) atoms. The van der Waals surface area contributed by atoms with Crippen molar-refractivity contribution in [1.82, 2.24) is 0 Å². The van der Waals surface area contributed by atoms with Gasteiger partial charge in [0.15, 0.2) is 5.75 Å². The number of carbonyl (C=O) groups is 1. The third-order valence-electron chi connectivity index (χ3n) is 2.52. The fourth-order valence-electron chi connectivity index (χ4n) is 1.54. The van der Waals surface area contributed by atoms with Gasteiger partial charge in [-0.3, -0.25) is 10.1 Å². The first-order chi connectivity index (χ1) is 9.88. The zero-order valence-corrected chi connectivity index (χ0v) is 12.6. The number of aromatic carboxylic acids is 1. The predicted octanol–water partition coefficient (Wildman–Crippen LogP) is 4.50. The second-order valence-electron chi connectivity index (χ2n) is 3.92. The highest BCUT2D eigenvalue weighted by Gasteiger charge is 2.13. The number of non-ortho nitro benzene ring substituents is 1. The van der Waals surface area contributed by atoms with Crippen molar-refractivity contribution in [3.05, 3.63) is 61.6 Å². The lowest BCUT2D eigenvalue weighted by Crippen LogP contribution is -1.97. The van der Waals surface area contributed by atoms with Crippen LogP contribution < -0.4 is 4.74 Å². The van der Waals surface area contributed by atoms with Crippen LogP contribution in [-0.2, 0) is 0 Å². The quantitative estimate of drug-likeness (QED) is 0.630. The van der Waals surface area contributed by atoms with Gasteiger partial charge in [0, 0.05) is 10.5 Å². The van der Waals surface area contributed by atoms with Crippen molar-refractivity contribution in [1.29, 1.82) is 0 Å². The monoisotopic (exact) mass is 371 g/mol. The first kappa shape index (κ1) is 15.3. The largest absolute Gasteiger partial charge is 0.478 e. The molecule has 0 amide bonds. The van der Waals surface area contributed by atoms with Gasteiger partial charge in [-0.2, -0.15) is 0 Å². The summed E-state index contributed by atoms with van der Waals surface area (Å²) in [6.07, 6.45) is 0. The summed E-state index contributed by atoms with van der Waals surface area (Å²) >= 11 is 9.03. The number of nitrogens with zero attached hydrogens (tertiary/aromatic N) is 1. The van der Waals surface area contributed by atoms with Gasteiger partial charge in [0.05, 0.1) is 21.6 Å². The standard InChI is InChI=1S/C13H7BrClNO5/c14-10-6-8(2-3-9(10)13(17)18)21-12-5-7(16(19)20)1-4-11(12)15/h1-6H,(H,17,18). The normalized spacial score (nSPS) is 10.2. The molecule has 0 aromatic heterocycles. The van der Waals surface area contributed by atoms with Crippen LogP contribution >= 0.6 is 27.5 Å². The van der Waals surface area contributed by atoms with Gasteiger partial charge in [0.2, 0.25) is 0 Å². The van der Waals surface area contributed by atoms with E-state index in [4.69, 9.17) is 21.4 Å². The number of hydrogen-bond acceptors (Lipinski definition) is 4. The highest BCUT2D eigenvalue weighted by molar-refractivity contribution is 9.10. The molecule has 0 aliphatic heterocycles. The van der Waals surface area contributed by atoms with Crippen molar-refractivity contribution in [2.75, 3.05) is 0 Å². The lowest BCUT2D eigenvalue weighted by molar-refractivity contribution is -0.384. The summed E-state index contributed by atoms with van der Waals surface area (Å²) < 4.78 is 5.78. The maximum absolute atomic E-state index is 10.9. The molecule has 2 aromatic carbocycles. The second kappa shape index (κ2) is 6.11. The van der Waals surface area contributed by atoms with Gasteiger partial charge in [-0.15, -0.1) is 0 Å². The summed E-state index contributed by atoms with van der Waals surface area (Å²) in [5.74, 6) is -0.670. The molecule has 0 spiro atoms. The molecular formula is C13H7BrClNO5. The predicted molar refractivity (Wildman–Crippen MR) is 79.3 cm³/mol. The van der Waals surface area contributed by atoms with Gasteiger partial charge in [0.1, 0.15) is 5.75 Å². The van der Waals surface area contributed by atoms with E-state index >= 15 is 0 Å². The average Bonchev–Trinajstić information content (AvgIpc) is 2.40. The molecule has 6 nitrogen and oxygen atoms in total. The first-order valence-electron chi connectivity index (χ1n) is 5.53. The molecule has 8 heteroatoms. The van der Waals surface area contributed by atoms with Crippen molar-refractivity contribution in [2.24, 2.45) is 0 Å². The Kier molecular flexibility index (Phi) is 4.44. The molecule has 2 rings (SSSR count). The van der Waals surface area contributed by atoms with E-state index < -0.39 is 10.9 Å². The van der Waals surface area contributed by atoms with Crippen molar-refractivity contribution >= 4 is 39.2 Å². The Balaban J connectivity index is 2.34. The molecule has 0 saturated heterocycles. The minimum atomic E-state index is -1.08. The van der Waals surface area contributed by atoms with E-state index in [1.165, 1.54) is 36.4 Å². The number of nitro groups is 1. The van der Waals surface area contributed by atoms with Gasteiger partial charge in [-0.25, -0.2) is 4.79 Å². The molecular weight excluding hydrogens is 366 g/mol. The highest BCUT2D eigenvalue weighted by Crippen LogP contribution is 2.34. The zero-order chi connectivity index (χ0) is 15.6. The van der Waals surface area contributed by atoms with Gasteiger partial charge < -0.3 is 9.84 Å². The summed E-state index contributed by atoms with van der Waals surface area (Å²) in [6, 6.07) is 8.05. The number of halogens is 2. The fourth-order valence-corrected chi connectivity index (χ4v) is 2.23. The Bertz CT molecular complexity index is 734. The lowest BCUT2D eigenvalue weighted by Gasteiger charge is -2.08. The zero-order valence-electron chi connectivity index (χ0n) is 10.2. The van der Waals surface area contributed by atoms with Gasteiger partial charge in [-0.1, -0.05) is 11.6 Å². The second-order valence-corrected chi connectivity index (χ2v) is 5.18. The topological polar surface area (TPSA) is 89.7 Å². The number of carboxylic acid groups (broad SMARTS) is 1. The van der Waals surface area contributed by atoms with E-state index in [0.717, 1.165) is 0 Å². The Morgan fingerprint density at radius 2 is 2.00 bits per heavy atom. The smallest absolute Gasteiger partial charge is 0.336 e. The van der Waals surface area contributed by atoms with Crippen LogP contribution in [0.1, 0.15) is 10.4 Å². The fraction of sp³-hybridized carbons (Fsp3) is 0. The van der Waals surface area contributed by atoms with E-state index in [-0.39, 0.29) is 22.0 Å². The summed E-state index contributed by atoms with van der Waals surface area (Å²) in [5, 5.41) is 19.9. The minimum absolute atomic E-state index is 0.0764. The van der Waals surface area contributed by atoms with E-state index in [9.17, 15) is 14.9 Å². The summed E-state index contributed by atoms with van der Waals surface area (Å²) in [4.78, 5) is 21.1. The van der Waals surface area contributed by atoms with Crippen molar-refractivity contribution in [2.45, 2.75) is 0 Å². The van der Waals surface area contributed by atoms with Crippen LogP contribution in [0.25, 0.3) is 0 Å². The number of carboxylic acids is 1. The molecule has 2 aromatic rings. The van der Waals surface area contributed by atoms with Gasteiger partial charge in [0.25, 0.3) is 5.69 Å². The maximum atomic E-state index is 10.9. The molecule has 0 heterocycles.